The predicted molar refractivity (Wildman–Crippen MR) is 85.3 cm³/mol. The van der Waals surface area contributed by atoms with Gasteiger partial charge in [0.25, 0.3) is 5.91 Å². The summed E-state index contributed by atoms with van der Waals surface area (Å²) in [4.78, 5) is 11.7. The maximum atomic E-state index is 13.3. The fourth-order valence-corrected chi connectivity index (χ4v) is 1.83. The second kappa shape index (κ2) is 8.72. The molecule has 0 fully saturated rings. The zero-order valence-electron chi connectivity index (χ0n) is 13.2. The normalized spacial score (nSPS) is 11.3. The monoisotopic (exact) mass is 352 g/mol. The number of halogens is 3. The summed E-state index contributed by atoms with van der Waals surface area (Å²) in [7, 11) is 0. The molecule has 0 aliphatic heterocycles. The Morgan fingerprint density at radius 2 is 1.84 bits per heavy atom. The van der Waals surface area contributed by atoms with Gasteiger partial charge in [0.2, 0.25) is 0 Å². The van der Waals surface area contributed by atoms with E-state index in [1.54, 1.807) is 13.0 Å². The van der Waals surface area contributed by atoms with Gasteiger partial charge in [-0.1, -0.05) is 12.1 Å². The van der Waals surface area contributed by atoms with Crippen molar-refractivity contribution in [2.24, 2.45) is 5.10 Å². The van der Waals surface area contributed by atoms with Gasteiger partial charge >= 0.3 is 6.61 Å². The lowest BCUT2D eigenvalue weighted by Crippen LogP contribution is -2.25. The fourth-order valence-electron chi connectivity index (χ4n) is 1.83. The number of hydrogen-bond donors (Lipinski definition) is 1. The Kier molecular flexibility index (Phi) is 6.39. The van der Waals surface area contributed by atoms with Gasteiger partial charge in [-0.2, -0.15) is 13.9 Å². The highest BCUT2D eigenvalue weighted by Crippen LogP contribution is 2.16. The molecule has 132 valence electrons. The molecule has 0 heterocycles. The van der Waals surface area contributed by atoms with E-state index >= 15 is 0 Å². The van der Waals surface area contributed by atoms with Gasteiger partial charge in [0.15, 0.2) is 18.2 Å². The quantitative estimate of drug-likeness (QED) is 0.614. The zero-order valence-corrected chi connectivity index (χ0v) is 13.2. The van der Waals surface area contributed by atoms with Crippen molar-refractivity contribution in [3.8, 4) is 11.5 Å². The summed E-state index contributed by atoms with van der Waals surface area (Å²) in [6.45, 7) is -1.67. The molecule has 2 aromatic carbocycles. The summed E-state index contributed by atoms with van der Waals surface area (Å²) in [5, 5.41) is 3.87. The van der Waals surface area contributed by atoms with E-state index in [1.165, 1.54) is 42.5 Å². The van der Waals surface area contributed by atoms with Crippen molar-refractivity contribution in [1.29, 1.82) is 0 Å². The van der Waals surface area contributed by atoms with Crippen molar-refractivity contribution < 1.29 is 27.4 Å². The Hall–Kier alpha value is -3.03. The van der Waals surface area contributed by atoms with Crippen LogP contribution in [-0.2, 0) is 4.79 Å². The van der Waals surface area contributed by atoms with Gasteiger partial charge in [-0.05, 0) is 48.9 Å². The van der Waals surface area contributed by atoms with Crippen LogP contribution in [0.5, 0.6) is 11.5 Å². The summed E-state index contributed by atoms with van der Waals surface area (Å²) < 4.78 is 46.8. The first kappa shape index (κ1) is 18.3. The van der Waals surface area contributed by atoms with E-state index in [9.17, 15) is 18.0 Å². The number of carbonyl (C=O) groups excluding carboxylic acids is 1. The van der Waals surface area contributed by atoms with Crippen LogP contribution in [0.15, 0.2) is 53.6 Å². The summed E-state index contributed by atoms with van der Waals surface area (Å²) in [5.41, 5.74) is 3.32. The average molecular weight is 352 g/mol. The summed E-state index contributed by atoms with van der Waals surface area (Å²) in [6.07, 6.45) is 0. The van der Waals surface area contributed by atoms with Crippen molar-refractivity contribution in [1.82, 2.24) is 5.43 Å². The van der Waals surface area contributed by atoms with Crippen LogP contribution in [0.4, 0.5) is 13.2 Å². The number of benzene rings is 2. The van der Waals surface area contributed by atoms with Crippen LogP contribution >= 0.6 is 0 Å². The zero-order chi connectivity index (χ0) is 18.2. The average Bonchev–Trinajstić information content (AvgIpc) is 2.59. The second-order valence-corrected chi connectivity index (χ2v) is 4.85. The molecule has 1 N–H and O–H groups in total. The number of para-hydroxylation sites is 1. The number of alkyl halides is 2. The van der Waals surface area contributed by atoms with Crippen LogP contribution in [-0.4, -0.2) is 24.8 Å². The number of nitrogens with zero attached hydrogens (tertiary/aromatic N) is 1. The highest BCUT2D eigenvalue weighted by molar-refractivity contribution is 5.99. The number of carbonyl (C=O) groups is 1. The van der Waals surface area contributed by atoms with Crippen molar-refractivity contribution in [3.05, 3.63) is 59.9 Å². The summed E-state index contributed by atoms with van der Waals surface area (Å²) >= 11 is 0. The Morgan fingerprint density at radius 3 is 2.48 bits per heavy atom. The molecule has 2 rings (SSSR count). The van der Waals surface area contributed by atoms with Crippen LogP contribution in [0.3, 0.4) is 0 Å². The number of ether oxygens (including phenoxy) is 2. The number of nitrogens with one attached hydrogen (secondary N) is 1. The molecule has 1 amide bonds. The molecule has 25 heavy (non-hydrogen) atoms. The molecule has 0 aromatic heterocycles. The lowest BCUT2D eigenvalue weighted by atomic mass is 10.1. The Labute approximate surface area is 142 Å². The van der Waals surface area contributed by atoms with Gasteiger partial charge in [-0.3, -0.25) is 4.79 Å². The molecule has 0 aliphatic carbocycles. The maximum absolute atomic E-state index is 13.3. The number of hydrazone groups is 1. The first-order valence-electron chi connectivity index (χ1n) is 7.21. The molecule has 2 aromatic rings. The summed E-state index contributed by atoms with van der Waals surface area (Å²) in [6, 6.07) is 11.5. The minimum absolute atomic E-state index is 0.0221. The van der Waals surface area contributed by atoms with E-state index in [4.69, 9.17) is 4.74 Å². The SMILES string of the molecule is C/C(=N\NC(=O)COc1ccccc1F)c1ccc(OC(F)F)cc1. The van der Waals surface area contributed by atoms with Crippen molar-refractivity contribution in [3.63, 3.8) is 0 Å². The highest BCUT2D eigenvalue weighted by Gasteiger charge is 2.07. The van der Waals surface area contributed by atoms with E-state index in [0.29, 0.717) is 11.3 Å². The highest BCUT2D eigenvalue weighted by atomic mass is 19.3. The molecule has 0 saturated heterocycles. The molecule has 5 nitrogen and oxygen atoms in total. The first-order valence-corrected chi connectivity index (χ1v) is 7.21. The van der Waals surface area contributed by atoms with E-state index in [-0.39, 0.29) is 11.5 Å². The molecular formula is C17H15F3N2O3. The van der Waals surface area contributed by atoms with Crippen molar-refractivity contribution >= 4 is 11.6 Å². The third kappa shape index (κ3) is 5.83. The number of amides is 1. The Bertz CT molecular complexity index is 749. The predicted octanol–water partition coefficient (Wildman–Crippen LogP) is 3.35. The Morgan fingerprint density at radius 1 is 1.16 bits per heavy atom. The van der Waals surface area contributed by atoms with Gasteiger partial charge in [0, 0.05) is 0 Å². The van der Waals surface area contributed by atoms with Crippen LogP contribution < -0.4 is 14.9 Å². The standard InChI is InChI=1S/C17H15F3N2O3/c1-11(12-6-8-13(9-7-12)25-17(19)20)21-22-16(23)10-24-15-5-3-2-4-14(15)18/h2-9,17H,10H2,1H3,(H,22,23)/b21-11+. The second-order valence-electron chi connectivity index (χ2n) is 4.85. The van der Waals surface area contributed by atoms with Gasteiger partial charge in [0.1, 0.15) is 5.75 Å². The molecular weight excluding hydrogens is 337 g/mol. The van der Waals surface area contributed by atoms with Crippen LogP contribution in [0.1, 0.15) is 12.5 Å². The van der Waals surface area contributed by atoms with Gasteiger partial charge in [-0.25, -0.2) is 9.82 Å². The van der Waals surface area contributed by atoms with Crippen molar-refractivity contribution in [2.75, 3.05) is 6.61 Å². The van der Waals surface area contributed by atoms with Crippen molar-refractivity contribution in [2.45, 2.75) is 13.5 Å². The lowest BCUT2D eigenvalue weighted by Gasteiger charge is -2.07. The minimum Gasteiger partial charge on any atom is -0.481 e. The third-order valence-electron chi connectivity index (χ3n) is 3.04. The van der Waals surface area contributed by atoms with E-state index in [0.717, 1.165) is 0 Å². The molecule has 0 aliphatic rings. The van der Waals surface area contributed by atoms with Gasteiger partial charge in [0.05, 0.1) is 5.71 Å². The van der Waals surface area contributed by atoms with Gasteiger partial charge < -0.3 is 9.47 Å². The first-order chi connectivity index (χ1) is 12.0. The molecule has 0 unspecified atom stereocenters. The molecule has 0 radical (unpaired) electrons. The van der Waals surface area contributed by atoms with E-state index in [2.05, 4.69) is 15.3 Å². The molecule has 0 spiro atoms. The third-order valence-corrected chi connectivity index (χ3v) is 3.04. The maximum Gasteiger partial charge on any atom is 0.387 e. The van der Waals surface area contributed by atoms with Crippen LogP contribution in [0.25, 0.3) is 0 Å². The molecule has 0 saturated carbocycles. The molecule has 0 bridgehead atoms. The fraction of sp³-hybridized carbons (Fsp3) is 0.176. The Balaban J connectivity index is 1.87. The number of rotatable bonds is 7. The largest absolute Gasteiger partial charge is 0.481 e. The van der Waals surface area contributed by atoms with E-state index in [1.807, 2.05) is 0 Å². The van der Waals surface area contributed by atoms with Crippen LogP contribution in [0.2, 0.25) is 0 Å². The van der Waals surface area contributed by atoms with Crippen LogP contribution in [0, 0.1) is 5.82 Å². The topological polar surface area (TPSA) is 59.9 Å². The number of hydrogen-bond acceptors (Lipinski definition) is 4. The smallest absolute Gasteiger partial charge is 0.387 e. The van der Waals surface area contributed by atoms with E-state index < -0.39 is 24.9 Å². The lowest BCUT2D eigenvalue weighted by molar-refractivity contribution is -0.123. The minimum atomic E-state index is -2.89. The summed E-state index contributed by atoms with van der Waals surface area (Å²) in [5.74, 6) is -1.15. The molecule has 8 heteroatoms. The van der Waals surface area contributed by atoms with Gasteiger partial charge in [-0.15, -0.1) is 0 Å². The molecule has 0 atom stereocenters.